The zero-order chi connectivity index (χ0) is 17.6. The lowest BCUT2D eigenvalue weighted by molar-refractivity contribution is -0.135. The number of aryl methyl sites for hydroxylation is 1. The highest BCUT2D eigenvalue weighted by atomic mass is 16.5. The standard InChI is InChI=1S/C18H21N3O4/c1-14-10-16(19-25-14)11-20-6-8-21(9-7-20)18(23)13-24-17-4-2-15(12-22)3-5-17/h2-5,10,12H,6-9,11,13H2,1H3. The second-order valence-corrected chi connectivity index (χ2v) is 6.06. The van der Waals surface area contributed by atoms with Crippen LogP contribution in [0, 0.1) is 6.92 Å². The molecule has 1 saturated heterocycles. The van der Waals surface area contributed by atoms with Gasteiger partial charge in [-0.2, -0.15) is 0 Å². The highest BCUT2D eigenvalue weighted by Gasteiger charge is 2.22. The van der Waals surface area contributed by atoms with Crippen LogP contribution in [0.4, 0.5) is 0 Å². The summed E-state index contributed by atoms with van der Waals surface area (Å²) in [6.45, 7) is 5.55. The van der Waals surface area contributed by atoms with Crippen LogP contribution in [0.1, 0.15) is 21.8 Å². The van der Waals surface area contributed by atoms with Crippen molar-refractivity contribution in [2.24, 2.45) is 0 Å². The third-order valence-electron chi connectivity index (χ3n) is 4.17. The number of aromatic nitrogens is 1. The molecule has 0 spiro atoms. The second kappa shape index (κ2) is 7.94. The van der Waals surface area contributed by atoms with Gasteiger partial charge in [0.2, 0.25) is 0 Å². The fourth-order valence-corrected chi connectivity index (χ4v) is 2.76. The number of nitrogens with zero attached hydrogens (tertiary/aromatic N) is 3. The predicted octanol–water partition coefficient (Wildman–Crippen LogP) is 1.52. The Hall–Kier alpha value is -2.67. The zero-order valence-corrected chi connectivity index (χ0v) is 14.2. The third kappa shape index (κ3) is 4.67. The Balaban J connectivity index is 1.42. The van der Waals surface area contributed by atoms with E-state index in [0.29, 0.717) is 24.4 Å². The number of amides is 1. The Bertz CT molecular complexity index is 718. The van der Waals surface area contributed by atoms with Crippen molar-refractivity contribution in [1.29, 1.82) is 0 Å². The van der Waals surface area contributed by atoms with Crippen LogP contribution < -0.4 is 4.74 Å². The molecule has 3 rings (SSSR count). The van der Waals surface area contributed by atoms with Gasteiger partial charge in [0.1, 0.15) is 17.8 Å². The van der Waals surface area contributed by atoms with Crippen LogP contribution in [-0.2, 0) is 11.3 Å². The summed E-state index contributed by atoms with van der Waals surface area (Å²) in [6.07, 6.45) is 0.773. The van der Waals surface area contributed by atoms with Gasteiger partial charge in [-0.3, -0.25) is 14.5 Å². The van der Waals surface area contributed by atoms with E-state index in [1.165, 1.54) is 0 Å². The normalized spacial score (nSPS) is 15.2. The van der Waals surface area contributed by atoms with E-state index in [2.05, 4.69) is 10.1 Å². The highest BCUT2D eigenvalue weighted by molar-refractivity contribution is 5.78. The Morgan fingerprint density at radius 2 is 1.96 bits per heavy atom. The van der Waals surface area contributed by atoms with Crippen LogP contribution in [0.2, 0.25) is 0 Å². The van der Waals surface area contributed by atoms with Crippen LogP contribution in [0.15, 0.2) is 34.9 Å². The van der Waals surface area contributed by atoms with E-state index in [1.807, 2.05) is 17.9 Å². The molecule has 1 aliphatic heterocycles. The molecule has 0 unspecified atom stereocenters. The summed E-state index contributed by atoms with van der Waals surface area (Å²) in [5.74, 6) is 1.36. The average Bonchev–Trinajstić information content (AvgIpc) is 3.05. The molecular weight excluding hydrogens is 322 g/mol. The van der Waals surface area contributed by atoms with Crippen molar-refractivity contribution in [2.75, 3.05) is 32.8 Å². The molecule has 2 aromatic rings. The van der Waals surface area contributed by atoms with Gasteiger partial charge in [-0.1, -0.05) is 5.16 Å². The van der Waals surface area contributed by atoms with Gasteiger partial charge < -0.3 is 14.2 Å². The van der Waals surface area contributed by atoms with Crippen molar-refractivity contribution >= 4 is 12.2 Å². The first kappa shape index (κ1) is 17.2. The number of benzene rings is 1. The van der Waals surface area contributed by atoms with Gasteiger partial charge >= 0.3 is 0 Å². The zero-order valence-electron chi connectivity index (χ0n) is 14.2. The molecule has 0 atom stereocenters. The first-order valence-corrected chi connectivity index (χ1v) is 8.24. The van der Waals surface area contributed by atoms with Crippen molar-refractivity contribution in [3.05, 3.63) is 47.3 Å². The Kier molecular flexibility index (Phi) is 5.45. The number of carbonyl (C=O) groups is 2. The maximum absolute atomic E-state index is 12.3. The summed E-state index contributed by atoms with van der Waals surface area (Å²) in [6, 6.07) is 8.64. The minimum Gasteiger partial charge on any atom is -0.484 e. The molecule has 2 heterocycles. The van der Waals surface area contributed by atoms with Gasteiger partial charge in [0.05, 0.1) is 5.69 Å². The van der Waals surface area contributed by atoms with Crippen molar-refractivity contribution < 1.29 is 18.8 Å². The lowest BCUT2D eigenvalue weighted by Gasteiger charge is -2.34. The fourth-order valence-electron chi connectivity index (χ4n) is 2.76. The molecule has 0 radical (unpaired) electrons. The second-order valence-electron chi connectivity index (χ2n) is 6.06. The van der Waals surface area contributed by atoms with Gasteiger partial charge in [0.25, 0.3) is 5.91 Å². The van der Waals surface area contributed by atoms with E-state index in [9.17, 15) is 9.59 Å². The maximum atomic E-state index is 12.3. The molecule has 0 N–H and O–H groups in total. The molecule has 7 heteroatoms. The average molecular weight is 343 g/mol. The summed E-state index contributed by atoms with van der Waals surface area (Å²) in [5.41, 5.74) is 1.50. The smallest absolute Gasteiger partial charge is 0.260 e. The Morgan fingerprint density at radius 3 is 2.56 bits per heavy atom. The molecule has 1 fully saturated rings. The molecule has 0 saturated carbocycles. The first-order chi connectivity index (χ1) is 12.1. The summed E-state index contributed by atoms with van der Waals surface area (Å²) in [4.78, 5) is 26.9. The van der Waals surface area contributed by atoms with E-state index in [4.69, 9.17) is 9.26 Å². The van der Waals surface area contributed by atoms with Gasteiger partial charge in [0.15, 0.2) is 6.61 Å². The van der Waals surface area contributed by atoms with Crippen LogP contribution >= 0.6 is 0 Å². The molecule has 132 valence electrons. The first-order valence-electron chi connectivity index (χ1n) is 8.24. The number of hydrogen-bond acceptors (Lipinski definition) is 6. The number of ether oxygens (including phenoxy) is 1. The maximum Gasteiger partial charge on any atom is 0.260 e. The van der Waals surface area contributed by atoms with Gasteiger partial charge in [0, 0.05) is 44.4 Å². The van der Waals surface area contributed by atoms with Crippen molar-refractivity contribution in [1.82, 2.24) is 15.0 Å². The summed E-state index contributed by atoms with van der Waals surface area (Å²) in [5, 5.41) is 4.00. The van der Waals surface area contributed by atoms with Crippen molar-refractivity contribution in [3.8, 4) is 5.75 Å². The van der Waals surface area contributed by atoms with Crippen LogP contribution in [0.3, 0.4) is 0 Å². The molecule has 7 nitrogen and oxygen atoms in total. The van der Waals surface area contributed by atoms with Crippen LogP contribution in [0.25, 0.3) is 0 Å². The number of rotatable bonds is 6. The largest absolute Gasteiger partial charge is 0.484 e. The number of hydrogen-bond donors (Lipinski definition) is 0. The molecule has 1 amide bonds. The van der Waals surface area contributed by atoms with E-state index in [-0.39, 0.29) is 12.5 Å². The molecule has 1 aromatic heterocycles. The molecular formula is C18H21N3O4. The van der Waals surface area contributed by atoms with E-state index in [0.717, 1.165) is 37.4 Å². The van der Waals surface area contributed by atoms with Gasteiger partial charge in [-0.25, -0.2) is 0 Å². The minimum atomic E-state index is -0.0311. The molecule has 0 aliphatic carbocycles. The number of piperazine rings is 1. The number of carbonyl (C=O) groups excluding carboxylic acids is 2. The van der Waals surface area contributed by atoms with E-state index >= 15 is 0 Å². The Morgan fingerprint density at radius 1 is 1.24 bits per heavy atom. The summed E-state index contributed by atoms with van der Waals surface area (Å²) < 4.78 is 10.6. The SMILES string of the molecule is Cc1cc(CN2CCN(C(=O)COc3ccc(C=O)cc3)CC2)no1. The van der Waals surface area contributed by atoms with E-state index < -0.39 is 0 Å². The summed E-state index contributed by atoms with van der Waals surface area (Å²) >= 11 is 0. The molecule has 1 aromatic carbocycles. The monoisotopic (exact) mass is 343 g/mol. The molecule has 25 heavy (non-hydrogen) atoms. The lowest BCUT2D eigenvalue weighted by Crippen LogP contribution is -2.49. The van der Waals surface area contributed by atoms with Crippen LogP contribution in [-0.4, -0.2) is 59.9 Å². The highest BCUT2D eigenvalue weighted by Crippen LogP contribution is 2.12. The molecule has 1 aliphatic rings. The minimum absolute atomic E-state index is 0.00289. The van der Waals surface area contributed by atoms with E-state index in [1.54, 1.807) is 24.3 Å². The number of aldehydes is 1. The third-order valence-corrected chi connectivity index (χ3v) is 4.17. The summed E-state index contributed by atoms with van der Waals surface area (Å²) in [7, 11) is 0. The topological polar surface area (TPSA) is 75.9 Å². The van der Waals surface area contributed by atoms with Crippen molar-refractivity contribution in [3.63, 3.8) is 0 Å². The van der Waals surface area contributed by atoms with Gasteiger partial charge in [-0.05, 0) is 31.2 Å². The van der Waals surface area contributed by atoms with Gasteiger partial charge in [-0.15, -0.1) is 0 Å². The Labute approximate surface area is 146 Å². The predicted molar refractivity (Wildman–Crippen MR) is 90.4 cm³/mol. The quantitative estimate of drug-likeness (QED) is 0.740. The van der Waals surface area contributed by atoms with Crippen molar-refractivity contribution in [2.45, 2.75) is 13.5 Å². The molecule has 0 bridgehead atoms. The fraction of sp³-hybridized carbons (Fsp3) is 0.389. The van der Waals surface area contributed by atoms with Crippen LogP contribution in [0.5, 0.6) is 5.75 Å². The lowest BCUT2D eigenvalue weighted by atomic mass is 10.2.